The number of carbonyl (C=O) groups is 1. The van der Waals surface area contributed by atoms with Gasteiger partial charge in [0.2, 0.25) is 0 Å². The van der Waals surface area contributed by atoms with Crippen molar-refractivity contribution in [1.82, 2.24) is 4.98 Å². The van der Waals surface area contributed by atoms with Crippen LogP contribution in [0.4, 0.5) is 5.69 Å². The summed E-state index contributed by atoms with van der Waals surface area (Å²) in [5.41, 5.74) is 2.48. The molecule has 1 N–H and O–H groups in total. The van der Waals surface area contributed by atoms with Gasteiger partial charge < -0.3 is 14.5 Å². The first-order chi connectivity index (χ1) is 13.1. The zero-order chi connectivity index (χ0) is 19.2. The van der Waals surface area contributed by atoms with Crippen molar-refractivity contribution in [2.24, 2.45) is 0 Å². The predicted molar refractivity (Wildman–Crippen MR) is 104 cm³/mol. The Morgan fingerprint density at radius 1 is 1.30 bits per heavy atom. The van der Waals surface area contributed by atoms with E-state index in [1.807, 2.05) is 19.1 Å². The Hall–Kier alpha value is -3.15. The molecule has 0 saturated heterocycles. The van der Waals surface area contributed by atoms with Crippen LogP contribution in [0.5, 0.6) is 5.75 Å². The van der Waals surface area contributed by atoms with E-state index in [1.54, 1.807) is 24.5 Å². The molecule has 27 heavy (non-hydrogen) atoms. The average Bonchev–Trinajstić information content (AvgIpc) is 2.64. The fraction of sp³-hybridized carbons (Fsp3) is 0.286. The number of benzene rings is 1. The maximum absolute atomic E-state index is 12.2. The molecule has 0 atom stereocenters. The molecule has 6 nitrogen and oxygen atoms in total. The third kappa shape index (κ3) is 4.73. The highest BCUT2D eigenvalue weighted by Gasteiger charge is 2.14. The number of fused-ring (bicyclic) bond motifs is 1. The number of carbonyl (C=O) groups excluding carboxylic acids is 1. The van der Waals surface area contributed by atoms with Gasteiger partial charge in [-0.2, -0.15) is 0 Å². The van der Waals surface area contributed by atoms with Crippen LogP contribution < -0.4 is 15.7 Å². The van der Waals surface area contributed by atoms with Gasteiger partial charge in [-0.25, -0.2) is 4.79 Å². The van der Waals surface area contributed by atoms with Crippen molar-refractivity contribution >= 4 is 22.6 Å². The summed E-state index contributed by atoms with van der Waals surface area (Å²) in [7, 11) is 0. The smallest absolute Gasteiger partial charge is 0.336 e. The molecule has 0 aliphatic carbocycles. The number of ether oxygens (including phenoxy) is 1. The highest BCUT2D eigenvalue weighted by atomic mass is 16.5. The normalized spacial score (nSPS) is 10.7. The van der Waals surface area contributed by atoms with E-state index in [2.05, 4.69) is 17.2 Å². The van der Waals surface area contributed by atoms with Crippen LogP contribution in [0.1, 0.15) is 30.9 Å². The molecule has 0 saturated carbocycles. The molecule has 0 aliphatic heterocycles. The Morgan fingerprint density at radius 3 is 2.89 bits per heavy atom. The van der Waals surface area contributed by atoms with Crippen molar-refractivity contribution in [3.05, 3.63) is 64.3 Å². The molecule has 3 aromatic rings. The second-order valence-electron chi connectivity index (χ2n) is 6.41. The molecule has 0 spiro atoms. The van der Waals surface area contributed by atoms with Crippen LogP contribution in [0.25, 0.3) is 11.0 Å². The topological polar surface area (TPSA) is 81.4 Å². The third-order valence-electron chi connectivity index (χ3n) is 4.14. The van der Waals surface area contributed by atoms with Crippen molar-refractivity contribution in [3.63, 3.8) is 0 Å². The molecule has 0 bridgehead atoms. The number of rotatable bonds is 7. The Balaban J connectivity index is 1.86. The van der Waals surface area contributed by atoms with E-state index in [4.69, 9.17) is 9.15 Å². The number of aromatic nitrogens is 1. The van der Waals surface area contributed by atoms with Crippen molar-refractivity contribution in [2.45, 2.75) is 33.1 Å². The largest absolute Gasteiger partial charge is 0.483 e. The summed E-state index contributed by atoms with van der Waals surface area (Å²) in [5, 5.41) is 3.49. The summed E-state index contributed by atoms with van der Waals surface area (Å²) < 4.78 is 11.2. The van der Waals surface area contributed by atoms with Gasteiger partial charge in [0.15, 0.2) is 6.61 Å². The lowest BCUT2D eigenvalue weighted by molar-refractivity contribution is -0.118. The zero-order valence-electron chi connectivity index (χ0n) is 15.5. The number of pyridine rings is 1. The number of nitrogens with zero attached hydrogens (tertiary/aromatic N) is 1. The van der Waals surface area contributed by atoms with Gasteiger partial charge in [0.25, 0.3) is 5.91 Å². The van der Waals surface area contributed by atoms with E-state index in [0.29, 0.717) is 17.0 Å². The summed E-state index contributed by atoms with van der Waals surface area (Å²) in [6.45, 7) is 3.83. The molecule has 1 aromatic carbocycles. The Labute approximate surface area is 157 Å². The Bertz CT molecular complexity index is 996. The number of amides is 1. The molecule has 0 fully saturated rings. The van der Waals surface area contributed by atoms with Gasteiger partial charge in [0, 0.05) is 12.3 Å². The first kappa shape index (κ1) is 18.6. The van der Waals surface area contributed by atoms with Crippen LogP contribution in [-0.2, 0) is 11.2 Å². The first-order valence-corrected chi connectivity index (χ1v) is 8.97. The van der Waals surface area contributed by atoms with E-state index in [1.165, 1.54) is 6.07 Å². The number of anilines is 1. The van der Waals surface area contributed by atoms with Gasteiger partial charge in [-0.3, -0.25) is 9.78 Å². The molecule has 0 radical (unpaired) electrons. The zero-order valence-corrected chi connectivity index (χ0v) is 15.5. The van der Waals surface area contributed by atoms with Gasteiger partial charge in [-0.05, 0) is 55.2 Å². The molecule has 1 amide bonds. The molecule has 0 unspecified atom stereocenters. The van der Waals surface area contributed by atoms with E-state index in [9.17, 15) is 9.59 Å². The fourth-order valence-corrected chi connectivity index (χ4v) is 2.93. The lowest BCUT2D eigenvalue weighted by atomic mass is 10.0. The van der Waals surface area contributed by atoms with Crippen LogP contribution in [0.15, 0.2) is 51.9 Å². The number of unbranched alkanes of at least 4 members (excludes halogenated alkanes) is 1. The van der Waals surface area contributed by atoms with Crippen molar-refractivity contribution in [3.8, 4) is 5.75 Å². The third-order valence-corrected chi connectivity index (χ3v) is 4.14. The average molecular weight is 366 g/mol. The van der Waals surface area contributed by atoms with Gasteiger partial charge in [0.05, 0.1) is 17.3 Å². The van der Waals surface area contributed by atoms with Gasteiger partial charge in [-0.1, -0.05) is 13.3 Å². The van der Waals surface area contributed by atoms with Crippen LogP contribution >= 0.6 is 0 Å². The highest BCUT2D eigenvalue weighted by Crippen LogP contribution is 2.30. The van der Waals surface area contributed by atoms with Crippen molar-refractivity contribution in [2.75, 3.05) is 11.9 Å². The van der Waals surface area contributed by atoms with E-state index < -0.39 is 0 Å². The van der Waals surface area contributed by atoms with Crippen LogP contribution in [0.2, 0.25) is 0 Å². The quantitative estimate of drug-likeness (QED) is 0.642. The maximum atomic E-state index is 12.2. The summed E-state index contributed by atoms with van der Waals surface area (Å²) in [6, 6.07) is 8.68. The Kier molecular flexibility index (Phi) is 5.86. The lowest BCUT2D eigenvalue weighted by Crippen LogP contribution is -2.20. The van der Waals surface area contributed by atoms with E-state index >= 15 is 0 Å². The van der Waals surface area contributed by atoms with Crippen molar-refractivity contribution < 1.29 is 13.9 Å². The number of nitrogens with one attached hydrogen (secondary N) is 1. The van der Waals surface area contributed by atoms with Gasteiger partial charge in [0.1, 0.15) is 11.3 Å². The minimum atomic E-state index is -0.375. The lowest BCUT2D eigenvalue weighted by Gasteiger charge is -2.13. The van der Waals surface area contributed by atoms with E-state index in [-0.39, 0.29) is 18.1 Å². The molecule has 6 heteroatoms. The minimum Gasteiger partial charge on any atom is -0.483 e. The van der Waals surface area contributed by atoms with Gasteiger partial charge >= 0.3 is 5.63 Å². The summed E-state index contributed by atoms with van der Waals surface area (Å²) >= 11 is 0. The standard InChI is InChI=1S/C21H22N2O4/c1-3-4-6-15-11-20(25)27-18-10-14(2)9-17(21(15)18)26-13-19(24)23-16-7-5-8-22-12-16/h5,7-12H,3-4,6,13H2,1-2H3,(H,23,24). The monoisotopic (exact) mass is 366 g/mol. The van der Waals surface area contributed by atoms with Crippen LogP contribution in [0.3, 0.4) is 0 Å². The summed E-state index contributed by atoms with van der Waals surface area (Å²) in [6.07, 6.45) is 5.92. The maximum Gasteiger partial charge on any atom is 0.336 e. The fourth-order valence-electron chi connectivity index (χ4n) is 2.93. The number of aryl methyl sites for hydroxylation is 2. The van der Waals surface area contributed by atoms with Crippen LogP contribution in [0, 0.1) is 6.92 Å². The molecule has 3 rings (SSSR count). The summed E-state index contributed by atoms with van der Waals surface area (Å²) in [5.74, 6) is 0.256. The second kappa shape index (κ2) is 8.49. The molecular weight excluding hydrogens is 344 g/mol. The van der Waals surface area contributed by atoms with E-state index in [0.717, 1.165) is 35.8 Å². The molecule has 140 valence electrons. The van der Waals surface area contributed by atoms with Crippen LogP contribution in [-0.4, -0.2) is 17.5 Å². The minimum absolute atomic E-state index is 0.153. The van der Waals surface area contributed by atoms with Gasteiger partial charge in [-0.15, -0.1) is 0 Å². The molecule has 2 aromatic heterocycles. The highest BCUT2D eigenvalue weighted by molar-refractivity contribution is 5.92. The molecular formula is C21H22N2O4. The second-order valence-corrected chi connectivity index (χ2v) is 6.41. The predicted octanol–water partition coefficient (Wildman–Crippen LogP) is 3.86. The molecule has 2 heterocycles. The number of hydrogen-bond acceptors (Lipinski definition) is 5. The first-order valence-electron chi connectivity index (χ1n) is 8.97. The molecule has 0 aliphatic rings. The number of hydrogen-bond donors (Lipinski definition) is 1. The Morgan fingerprint density at radius 2 is 2.15 bits per heavy atom. The summed E-state index contributed by atoms with van der Waals surface area (Å²) in [4.78, 5) is 28.0. The van der Waals surface area contributed by atoms with Crippen molar-refractivity contribution in [1.29, 1.82) is 0 Å². The SMILES string of the molecule is CCCCc1cc(=O)oc2cc(C)cc(OCC(=O)Nc3cccnc3)c12.